The number of halogens is 5. The molecule has 3 atom stereocenters. The van der Waals surface area contributed by atoms with Gasteiger partial charge in [0, 0.05) is 40.7 Å². The molecular formula is C19H24Cl5NO7. The van der Waals surface area contributed by atoms with Gasteiger partial charge < -0.3 is 29.4 Å². The van der Waals surface area contributed by atoms with Gasteiger partial charge in [-0.15, -0.1) is 0 Å². The van der Waals surface area contributed by atoms with Crippen LogP contribution in [0.5, 0.6) is 5.75 Å². The first-order chi connectivity index (χ1) is 15.1. The van der Waals surface area contributed by atoms with E-state index in [9.17, 15) is 9.59 Å². The molecule has 1 aromatic rings. The number of carbonyl (C=O) groups excluding carboxylic acids is 2. The Labute approximate surface area is 211 Å². The summed E-state index contributed by atoms with van der Waals surface area (Å²) in [6.45, 7) is 0.119. The molecule has 0 aliphatic carbocycles. The van der Waals surface area contributed by atoms with Crippen LogP contribution in [0.1, 0.15) is 19.3 Å². The maximum Gasteiger partial charge on any atom is 0.311 e. The van der Waals surface area contributed by atoms with Gasteiger partial charge >= 0.3 is 11.9 Å². The lowest BCUT2D eigenvalue weighted by Crippen LogP contribution is -2.47. The Morgan fingerprint density at radius 3 is 1.75 bits per heavy atom. The smallest absolute Gasteiger partial charge is 0.311 e. The summed E-state index contributed by atoms with van der Waals surface area (Å²) in [6.07, 6.45) is -1.58. The van der Waals surface area contributed by atoms with E-state index >= 15 is 0 Å². The number of ether oxygens (including phenoxy) is 5. The summed E-state index contributed by atoms with van der Waals surface area (Å²) in [4.78, 5) is 24.2. The van der Waals surface area contributed by atoms with Crippen LogP contribution in [0.15, 0.2) is 0 Å². The molecular weight excluding hydrogens is 531 g/mol. The van der Waals surface area contributed by atoms with Crippen molar-refractivity contribution in [1.82, 2.24) is 0 Å². The second kappa shape index (κ2) is 14.7. The highest BCUT2D eigenvalue weighted by Crippen LogP contribution is 2.48. The zero-order valence-electron chi connectivity index (χ0n) is 17.6. The summed E-state index contributed by atoms with van der Waals surface area (Å²) in [5.41, 5.74) is 5.65. The predicted molar refractivity (Wildman–Crippen MR) is 123 cm³/mol. The van der Waals surface area contributed by atoms with Crippen molar-refractivity contribution in [3.05, 3.63) is 25.1 Å². The largest absolute Gasteiger partial charge is 0.463 e. The third-order valence-corrected chi connectivity index (χ3v) is 6.64. The second-order valence-electron chi connectivity index (χ2n) is 6.39. The molecule has 1 rings (SSSR count). The molecule has 0 amide bonds. The lowest BCUT2D eigenvalue weighted by atomic mass is 10.1. The van der Waals surface area contributed by atoms with Crippen molar-refractivity contribution < 1.29 is 33.3 Å². The van der Waals surface area contributed by atoms with Gasteiger partial charge in [-0.25, -0.2) is 0 Å². The molecule has 13 heteroatoms. The fourth-order valence-electron chi connectivity index (χ4n) is 2.67. The minimum absolute atomic E-state index is 0.0443. The van der Waals surface area contributed by atoms with Gasteiger partial charge in [0.25, 0.3) is 0 Å². The fourth-order valence-corrected chi connectivity index (χ4v) is 3.87. The van der Waals surface area contributed by atoms with E-state index in [-0.39, 0.29) is 63.3 Å². The van der Waals surface area contributed by atoms with Gasteiger partial charge in [0.2, 0.25) is 0 Å². The lowest BCUT2D eigenvalue weighted by molar-refractivity contribution is -0.157. The third kappa shape index (κ3) is 8.04. The Kier molecular flexibility index (Phi) is 13.5. The average Bonchev–Trinajstić information content (AvgIpc) is 2.78. The van der Waals surface area contributed by atoms with Crippen LogP contribution in [-0.4, -0.2) is 64.7 Å². The first kappa shape index (κ1) is 29.5. The summed E-state index contributed by atoms with van der Waals surface area (Å²) in [6, 6.07) is 0. The van der Waals surface area contributed by atoms with Crippen molar-refractivity contribution in [2.45, 2.75) is 37.6 Å². The highest BCUT2D eigenvalue weighted by molar-refractivity contribution is 6.55. The van der Waals surface area contributed by atoms with Crippen molar-refractivity contribution in [3.63, 3.8) is 0 Å². The molecule has 0 saturated heterocycles. The Morgan fingerprint density at radius 1 is 0.781 bits per heavy atom. The number of methoxy groups -OCH3 is 3. The van der Waals surface area contributed by atoms with E-state index in [1.54, 1.807) is 0 Å². The van der Waals surface area contributed by atoms with E-state index in [4.69, 9.17) is 87.4 Å². The molecule has 8 nitrogen and oxygen atoms in total. The zero-order chi connectivity index (χ0) is 24.4. The monoisotopic (exact) mass is 553 g/mol. The first-order valence-electron chi connectivity index (χ1n) is 9.28. The molecule has 0 fully saturated rings. The normalized spacial score (nSPS) is 14.0. The van der Waals surface area contributed by atoms with Crippen LogP contribution >= 0.6 is 58.0 Å². The molecule has 0 spiro atoms. The zero-order valence-corrected chi connectivity index (χ0v) is 21.4. The summed E-state index contributed by atoms with van der Waals surface area (Å²) < 4.78 is 26.3. The molecule has 1 aromatic carbocycles. The van der Waals surface area contributed by atoms with Gasteiger partial charge in [-0.05, 0) is 6.42 Å². The van der Waals surface area contributed by atoms with Gasteiger partial charge in [-0.1, -0.05) is 58.0 Å². The molecule has 0 heterocycles. The highest BCUT2D eigenvalue weighted by atomic mass is 35.5. The van der Waals surface area contributed by atoms with E-state index in [1.807, 2.05) is 0 Å². The number of carbonyl (C=O) groups is 2. The van der Waals surface area contributed by atoms with Crippen LogP contribution in [0, 0.1) is 0 Å². The molecule has 0 aliphatic rings. The Bertz CT molecular complexity index is 763. The van der Waals surface area contributed by atoms with Crippen molar-refractivity contribution >= 4 is 69.9 Å². The molecule has 0 aliphatic heterocycles. The lowest BCUT2D eigenvalue weighted by Gasteiger charge is -2.29. The molecule has 182 valence electrons. The number of rotatable bonds is 13. The SMILES string of the molecule is CO[C@H]([C@H](CN)OC)[C@H](COC(=O)CCCC(=O)Oc1c(Cl)c(Cl)c(Cl)c(Cl)c1Cl)OC. The molecule has 0 unspecified atom stereocenters. The van der Waals surface area contributed by atoms with Gasteiger partial charge in [-0.2, -0.15) is 0 Å². The van der Waals surface area contributed by atoms with Crippen LogP contribution in [0.4, 0.5) is 0 Å². The highest BCUT2D eigenvalue weighted by Gasteiger charge is 2.30. The molecule has 32 heavy (non-hydrogen) atoms. The van der Waals surface area contributed by atoms with Crippen molar-refractivity contribution in [2.24, 2.45) is 5.73 Å². The predicted octanol–water partition coefficient (Wildman–Crippen LogP) is 4.58. The number of hydrogen-bond donors (Lipinski definition) is 1. The Morgan fingerprint density at radius 2 is 1.28 bits per heavy atom. The number of nitrogens with two attached hydrogens (primary N) is 1. The molecule has 2 N–H and O–H groups in total. The van der Waals surface area contributed by atoms with Gasteiger partial charge in [0.15, 0.2) is 5.75 Å². The van der Waals surface area contributed by atoms with Crippen LogP contribution in [0.25, 0.3) is 0 Å². The van der Waals surface area contributed by atoms with Crippen molar-refractivity contribution in [1.29, 1.82) is 0 Å². The van der Waals surface area contributed by atoms with Gasteiger partial charge in [0.1, 0.15) is 28.9 Å². The quantitative estimate of drug-likeness (QED) is 0.163. The summed E-state index contributed by atoms with van der Waals surface area (Å²) in [7, 11) is 4.42. The van der Waals surface area contributed by atoms with E-state index < -0.39 is 30.3 Å². The maximum absolute atomic E-state index is 12.1. The van der Waals surface area contributed by atoms with Crippen molar-refractivity contribution in [2.75, 3.05) is 34.5 Å². The molecule has 0 aromatic heterocycles. The summed E-state index contributed by atoms with van der Waals surface area (Å²) in [5.74, 6) is -1.44. The second-order valence-corrected chi connectivity index (χ2v) is 8.28. The number of hydrogen-bond acceptors (Lipinski definition) is 8. The standard InChI is InChI=1S/C19H24Cl5NO7/c1-28-9(7-25)18(30-3)10(29-2)8-31-11(26)5-4-6-12(27)32-19-16(23)14(21)13(20)15(22)17(19)24/h9-10,18H,4-8,25H2,1-3H3/t9-,10-,18+/m0/s1. The molecule has 0 bridgehead atoms. The first-order valence-corrected chi connectivity index (χ1v) is 11.2. The minimum Gasteiger partial charge on any atom is -0.463 e. The van der Waals surface area contributed by atoms with Crippen LogP contribution < -0.4 is 10.5 Å². The van der Waals surface area contributed by atoms with Crippen LogP contribution in [0.3, 0.4) is 0 Å². The van der Waals surface area contributed by atoms with Crippen LogP contribution in [0.2, 0.25) is 25.1 Å². The van der Waals surface area contributed by atoms with E-state index in [0.717, 1.165) is 0 Å². The van der Waals surface area contributed by atoms with E-state index in [2.05, 4.69) is 0 Å². The van der Waals surface area contributed by atoms with Crippen LogP contribution in [-0.2, 0) is 28.5 Å². The summed E-state index contributed by atoms with van der Waals surface area (Å²) in [5, 5.41) is -0.546. The average molecular weight is 556 g/mol. The Hall–Kier alpha value is -0.550. The Balaban J connectivity index is 2.55. The number of benzene rings is 1. The molecule has 0 saturated carbocycles. The maximum atomic E-state index is 12.1. The third-order valence-electron chi connectivity index (χ3n) is 4.40. The van der Waals surface area contributed by atoms with E-state index in [1.165, 1.54) is 21.3 Å². The van der Waals surface area contributed by atoms with Gasteiger partial charge in [0.05, 0.1) is 21.2 Å². The topological polar surface area (TPSA) is 106 Å². The van der Waals surface area contributed by atoms with Crippen molar-refractivity contribution in [3.8, 4) is 5.75 Å². The molecule has 0 radical (unpaired) electrons. The number of esters is 2. The minimum atomic E-state index is -0.698. The summed E-state index contributed by atoms with van der Waals surface area (Å²) >= 11 is 29.8. The fraction of sp³-hybridized carbons (Fsp3) is 0.579. The van der Waals surface area contributed by atoms with Gasteiger partial charge in [-0.3, -0.25) is 9.59 Å². The van der Waals surface area contributed by atoms with E-state index in [0.29, 0.717) is 0 Å².